The van der Waals surface area contributed by atoms with Crippen LogP contribution in [-0.2, 0) is 23.9 Å². The van der Waals surface area contributed by atoms with Gasteiger partial charge in [-0.25, -0.2) is 4.79 Å². The summed E-state index contributed by atoms with van der Waals surface area (Å²) in [6.45, 7) is 14.8. The molecular formula is C20H38N2O5. The molecule has 2 N–H and O–H groups in total. The van der Waals surface area contributed by atoms with Crippen molar-refractivity contribution in [2.45, 2.75) is 79.6 Å². The van der Waals surface area contributed by atoms with Gasteiger partial charge in [0.05, 0.1) is 5.92 Å². The van der Waals surface area contributed by atoms with Gasteiger partial charge in [-0.05, 0) is 38.5 Å². The highest BCUT2D eigenvalue weighted by Crippen LogP contribution is 2.24. The van der Waals surface area contributed by atoms with E-state index in [0.717, 1.165) is 0 Å². The van der Waals surface area contributed by atoms with E-state index in [2.05, 4.69) is 10.6 Å². The van der Waals surface area contributed by atoms with Crippen LogP contribution in [0.4, 0.5) is 0 Å². The maximum atomic E-state index is 13.0. The molecule has 0 aromatic heterocycles. The summed E-state index contributed by atoms with van der Waals surface area (Å²) >= 11 is 0. The van der Waals surface area contributed by atoms with Gasteiger partial charge in [-0.2, -0.15) is 0 Å². The quantitative estimate of drug-likeness (QED) is 0.624. The van der Waals surface area contributed by atoms with Crippen LogP contribution in [0.2, 0.25) is 0 Å². The number of carbonyl (C=O) groups is 3. The number of carbonyl (C=O) groups excluding carboxylic acids is 3. The van der Waals surface area contributed by atoms with E-state index >= 15 is 0 Å². The molecule has 0 bridgehead atoms. The first-order chi connectivity index (χ1) is 12.1. The van der Waals surface area contributed by atoms with Crippen LogP contribution in [-0.4, -0.2) is 49.7 Å². The molecule has 158 valence electrons. The monoisotopic (exact) mass is 386 g/mol. The molecule has 7 nitrogen and oxygen atoms in total. The highest BCUT2D eigenvalue weighted by Gasteiger charge is 2.40. The van der Waals surface area contributed by atoms with Gasteiger partial charge in [-0.3, -0.25) is 9.59 Å². The number of nitrogens with one attached hydrogen (secondary N) is 2. The number of likely N-dealkylation sites (N-methyl/N-ethyl adjacent to an activating group) is 1. The Balaban J connectivity index is 5.67. The number of hydrogen-bond acceptors (Lipinski definition) is 5. The Bertz CT molecular complexity index is 517. The first-order valence-electron chi connectivity index (χ1n) is 9.41. The van der Waals surface area contributed by atoms with Crippen LogP contribution in [0.3, 0.4) is 0 Å². The molecule has 2 amide bonds. The normalized spacial score (nSPS) is 15.7. The van der Waals surface area contributed by atoms with E-state index in [4.69, 9.17) is 9.47 Å². The standard InChI is InChI=1S/C20H38N2O5/c1-12(2)11-13(14(26-10)18(25)27-20(6,7)8)16(23)22-15(17(24)21-9)19(3,4)5/h12-15H,11H2,1-10H3,(H,21,24)(H,22,23)/t13-,14-,15+/m0/s1. The topological polar surface area (TPSA) is 93.7 Å². The number of methoxy groups -OCH3 is 1. The summed E-state index contributed by atoms with van der Waals surface area (Å²) in [5.74, 6) is -1.89. The van der Waals surface area contributed by atoms with Crippen LogP contribution in [0.25, 0.3) is 0 Å². The SMILES string of the molecule is CNC(=O)[C@@H](NC(=O)[C@@H](CC(C)C)[C@H](OC)C(=O)OC(C)(C)C)C(C)(C)C. The van der Waals surface area contributed by atoms with Crippen molar-refractivity contribution < 1.29 is 23.9 Å². The first-order valence-corrected chi connectivity index (χ1v) is 9.41. The van der Waals surface area contributed by atoms with E-state index < -0.39 is 41.0 Å². The molecule has 0 heterocycles. The molecule has 0 fully saturated rings. The molecule has 0 saturated carbocycles. The minimum atomic E-state index is -1.04. The minimum Gasteiger partial charge on any atom is -0.458 e. The van der Waals surface area contributed by atoms with Crippen molar-refractivity contribution in [2.24, 2.45) is 17.3 Å². The van der Waals surface area contributed by atoms with E-state index in [0.29, 0.717) is 6.42 Å². The van der Waals surface area contributed by atoms with Crippen molar-refractivity contribution >= 4 is 17.8 Å². The second-order valence-electron chi connectivity index (χ2n) is 9.35. The predicted octanol–water partition coefficient (Wildman–Crippen LogP) is 2.28. The number of ether oxygens (including phenoxy) is 2. The van der Waals surface area contributed by atoms with Crippen LogP contribution >= 0.6 is 0 Å². The van der Waals surface area contributed by atoms with E-state index in [-0.39, 0.29) is 11.8 Å². The maximum absolute atomic E-state index is 13.0. The molecule has 0 aliphatic rings. The Morgan fingerprint density at radius 3 is 1.81 bits per heavy atom. The molecule has 0 rings (SSSR count). The maximum Gasteiger partial charge on any atom is 0.336 e. The van der Waals surface area contributed by atoms with Crippen molar-refractivity contribution in [1.82, 2.24) is 10.6 Å². The largest absolute Gasteiger partial charge is 0.458 e. The summed E-state index contributed by atoms with van der Waals surface area (Å²) in [4.78, 5) is 37.9. The summed E-state index contributed by atoms with van der Waals surface area (Å²) in [5.41, 5.74) is -1.19. The number of rotatable bonds is 8. The van der Waals surface area contributed by atoms with Gasteiger partial charge in [0.15, 0.2) is 6.10 Å². The van der Waals surface area contributed by atoms with E-state index in [9.17, 15) is 14.4 Å². The lowest BCUT2D eigenvalue weighted by atomic mass is 9.84. The van der Waals surface area contributed by atoms with Crippen LogP contribution in [0, 0.1) is 17.3 Å². The van der Waals surface area contributed by atoms with Gasteiger partial charge in [0.25, 0.3) is 0 Å². The molecule has 0 radical (unpaired) electrons. The zero-order chi connectivity index (χ0) is 21.6. The van der Waals surface area contributed by atoms with Crippen LogP contribution in [0.1, 0.15) is 61.8 Å². The Labute approximate surface area is 163 Å². The third-order valence-corrected chi connectivity index (χ3v) is 3.98. The Hall–Kier alpha value is -1.63. The molecule has 0 aromatic carbocycles. The Morgan fingerprint density at radius 1 is 0.963 bits per heavy atom. The average Bonchev–Trinajstić information content (AvgIpc) is 2.48. The van der Waals surface area contributed by atoms with E-state index in [1.807, 2.05) is 34.6 Å². The van der Waals surface area contributed by atoms with Crippen LogP contribution in [0.5, 0.6) is 0 Å². The fraction of sp³-hybridized carbons (Fsp3) is 0.850. The molecule has 0 aromatic rings. The predicted molar refractivity (Wildman–Crippen MR) is 105 cm³/mol. The lowest BCUT2D eigenvalue weighted by Gasteiger charge is -2.33. The van der Waals surface area contributed by atoms with Gasteiger partial charge < -0.3 is 20.1 Å². The van der Waals surface area contributed by atoms with Gasteiger partial charge in [-0.1, -0.05) is 34.6 Å². The van der Waals surface area contributed by atoms with Crippen molar-refractivity contribution in [3.63, 3.8) is 0 Å². The second kappa shape index (κ2) is 10.1. The molecule has 0 aliphatic carbocycles. The minimum absolute atomic E-state index is 0.147. The summed E-state index contributed by atoms with van der Waals surface area (Å²) in [6, 6.07) is -0.735. The van der Waals surface area contributed by atoms with E-state index in [1.165, 1.54) is 14.2 Å². The van der Waals surface area contributed by atoms with Crippen molar-refractivity contribution in [3.8, 4) is 0 Å². The summed E-state index contributed by atoms with van der Waals surface area (Å²) in [6.07, 6.45) is -0.620. The van der Waals surface area contributed by atoms with Gasteiger partial charge in [0, 0.05) is 14.2 Å². The lowest BCUT2D eigenvalue weighted by molar-refractivity contribution is -0.173. The lowest BCUT2D eigenvalue weighted by Crippen LogP contribution is -2.56. The van der Waals surface area contributed by atoms with Gasteiger partial charge in [0.1, 0.15) is 11.6 Å². The summed E-state index contributed by atoms with van der Waals surface area (Å²) in [5, 5.41) is 5.38. The molecule has 3 atom stereocenters. The first kappa shape index (κ1) is 25.4. The number of esters is 1. The van der Waals surface area contributed by atoms with Crippen LogP contribution in [0.15, 0.2) is 0 Å². The second-order valence-corrected chi connectivity index (χ2v) is 9.35. The Kier molecular flexibility index (Phi) is 9.45. The number of amides is 2. The third-order valence-electron chi connectivity index (χ3n) is 3.98. The third kappa shape index (κ3) is 8.73. The zero-order valence-corrected chi connectivity index (χ0v) is 18.6. The molecule has 0 saturated heterocycles. The molecule has 7 heteroatoms. The van der Waals surface area contributed by atoms with Gasteiger partial charge in [-0.15, -0.1) is 0 Å². The van der Waals surface area contributed by atoms with Crippen molar-refractivity contribution in [1.29, 1.82) is 0 Å². The summed E-state index contributed by atoms with van der Waals surface area (Å²) < 4.78 is 10.8. The Morgan fingerprint density at radius 2 is 1.48 bits per heavy atom. The molecule has 0 spiro atoms. The van der Waals surface area contributed by atoms with Crippen molar-refractivity contribution in [2.75, 3.05) is 14.2 Å². The molecular weight excluding hydrogens is 348 g/mol. The highest BCUT2D eigenvalue weighted by molar-refractivity contribution is 5.91. The zero-order valence-electron chi connectivity index (χ0n) is 18.6. The molecule has 27 heavy (non-hydrogen) atoms. The molecule has 0 unspecified atom stereocenters. The smallest absolute Gasteiger partial charge is 0.336 e. The molecule has 0 aliphatic heterocycles. The average molecular weight is 387 g/mol. The fourth-order valence-electron chi connectivity index (χ4n) is 2.73. The van der Waals surface area contributed by atoms with Gasteiger partial charge >= 0.3 is 5.97 Å². The van der Waals surface area contributed by atoms with Crippen LogP contribution < -0.4 is 10.6 Å². The summed E-state index contributed by atoms with van der Waals surface area (Å²) in [7, 11) is 2.91. The number of hydrogen-bond donors (Lipinski definition) is 2. The van der Waals surface area contributed by atoms with Crippen molar-refractivity contribution in [3.05, 3.63) is 0 Å². The van der Waals surface area contributed by atoms with E-state index in [1.54, 1.807) is 20.8 Å². The van der Waals surface area contributed by atoms with Gasteiger partial charge in [0.2, 0.25) is 11.8 Å². The highest BCUT2D eigenvalue weighted by atomic mass is 16.6. The fourth-order valence-corrected chi connectivity index (χ4v) is 2.73.